The minimum absolute atomic E-state index is 0.0508. The first-order chi connectivity index (χ1) is 12.6. The molecule has 2 rings (SSSR count). The van der Waals surface area contributed by atoms with Gasteiger partial charge in [0.25, 0.3) is 11.8 Å². The molecule has 0 aliphatic carbocycles. The molecule has 2 amide bonds. The van der Waals surface area contributed by atoms with Crippen molar-refractivity contribution in [3.05, 3.63) is 53.3 Å². The molecular formula is C18H20F3N3O3. The summed E-state index contributed by atoms with van der Waals surface area (Å²) in [5.41, 5.74) is 0.573. The van der Waals surface area contributed by atoms with Crippen LogP contribution in [0.5, 0.6) is 5.75 Å². The second kappa shape index (κ2) is 8.15. The summed E-state index contributed by atoms with van der Waals surface area (Å²) in [5, 5.41) is 4.23. The molecule has 0 fully saturated rings. The van der Waals surface area contributed by atoms with E-state index >= 15 is 0 Å². The van der Waals surface area contributed by atoms with Crippen LogP contribution in [0, 0.1) is 0 Å². The highest BCUT2D eigenvalue weighted by atomic mass is 19.4. The van der Waals surface area contributed by atoms with Crippen LogP contribution >= 0.6 is 0 Å². The fourth-order valence-electron chi connectivity index (χ4n) is 2.28. The summed E-state index contributed by atoms with van der Waals surface area (Å²) in [5.74, 6) is -1.49. The number of benzene rings is 1. The summed E-state index contributed by atoms with van der Waals surface area (Å²) in [7, 11) is 1.39. The van der Waals surface area contributed by atoms with Crippen LogP contribution in [-0.2, 0) is 0 Å². The molecule has 0 aliphatic heterocycles. The van der Waals surface area contributed by atoms with Crippen molar-refractivity contribution in [1.29, 1.82) is 0 Å². The van der Waals surface area contributed by atoms with Crippen molar-refractivity contribution < 1.29 is 27.5 Å². The van der Waals surface area contributed by atoms with Crippen molar-refractivity contribution >= 4 is 11.8 Å². The molecule has 0 spiro atoms. The molecule has 0 saturated carbocycles. The number of hydrogen-bond acceptors (Lipinski definition) is 3. The van der Waals surface area contributed by atoms with Crippen molar-refractivity contribution in [1.82, 2.24) is 15.6 Å². The van der Waals surface area contributed by atoms with E-state index in [1.807, 2.05) is 35.6 Å². The predicted octanol–water partition coefficient (Wildman–Crippen LogP) is 3.19. The number of halogens is 3. The standard InChI is InChI=1S/C18H20F3N3O3/c1-10(12-7-5-4-6-8-12)27-14-9-13(24-15(14)17(26)22-3)16(25)23-11(2)18(19,20)21/h4-11,24H,1-3H3,(H,22,26)(H,23,25)/t10?,11-/m1/s1. The molecule has 146 valence electrons. The minimum atomic E-state index is -4.58. The summed E-state index contributed by atoms with van der Waals surface area (Å²) in [4.78, 5) is 26.7. The Morgan fingerprint density at radius 2 is 1.74 bits per heavy atom. The largest absolute Gasteiger partial charge is 0.484 e. The fraction of sp³-hybridized carbons (Fsp3) is 0.333. The number of rotatable bonds is 6. The monoisotopic (exact) mass is 383 g/mol. The molecule has 27 heavy (non-hydrogen) atoms. The van der Waals surface area contributed by atoms with Crippen molar-refractivity contribution in [3.8, 4) is 5.75 Å². The van der Waals surface area contributed by atoms with E-state index in [1.165, 1.54) is 13.1 Å². The average molecular weight is 383 g/mol. The molecule has 1 aromatic heterocycles. The van der Waals surface area contributed by atoms with E-state index in [2.05, 4.69) is 10.3 Å². The number of H-pyrrole nitrogens is 1. The van der Waals surface area contributed by atoms with Crippen LogP contribution in [0.3, 0.4) is 0 Å². The lowest BCUT2D eigenvalue weighted by Crippen LogP contribution is -2.43. The maximum Gasteiger partial charge on any atom is 0.408 e. The van der Waals surface area contributed by atoms with E-state index in [4.69, 9.17) is 4.74 Å². The van der Waals surface area contributed by atoms with Crippen LogP contribution in [0.4, 0.5) is 13.2 Å². The summed E-state index contributed by atoms with van der Waals surface area (Å²) >= 11 is 0. The van der Waals surface area contributed by atoms with Gasteiger partial charge in [0, 0.05) is 13.1 Å². The van der Waals surface area contributed by atoms with Crippen LogP contribution in [0.1, 0.15) is 46.5 Å². The number of aromatic nitrogens is 1. The van der Waals surface area contributed by atoms with Gasteiger partial charge >= 0.3 is 6.18 Å². The van der Waals surface area contributed by atoms with Crippen LogP contribution in [-0.4, -0.2) is 36.1 Å². The molecule has 2 atom stereocenters. The minimum Gasteiger partial charge on any atom is -0.484 e. The van der Waals surface area contributed by atoms with E-state index < -0.39 is 30.1 Å². The molecule has 1 aromatic carbocycles. The van der Waals surface area contributed by atoms with Crippen molar-refractivity contribution in [2.45, 2.75) is 32.2 Å². The fourth-order valence-corrected chi connectivity index (χ4v) is 2.28. The van der Waals surface area contributed by atoms with Gasteiger partial charge in [-0.05, 0) is 19.4 Å². The summed E-state index contributed by atoms with van der Waals surface area (Å²) in [6.45, 7) is 2.58. The number of carbonyl (C=O) groups excluding carboxylic acids is 2. The lowest BCUT2D eigenvalue weighted by atomic mass is 10.1. The van der Waals surface area contributed by atoms with Gasteiger partial charge in [0.15, 0.2) is 5.75 Å². The van der Waals surface area contributed by atoms with Crippen LogP contribution in [0.15, 0.2) is 36.4 Å². The van der Waals surface area contributed by atoms with Gasteiger partial charge in [0.2, 0.25) is 0 Å². The summed E-state index contributed by atoms with van der Waals surface area (Å²) < 4.78 is 43.7. The smallest absolute Gasteiger partial charge is 0.408 e. The summed E-state index contributed by atoms with van der Waals surface area (Å²) in [6, 6.07) is 8.32. The topological polar surface area (TPSA) is 83.2 Å². The lowest BCUT2D eigenvalue weighted by molar-refractivity contribution is -0.149. The molecular weight excluding hydrogens is 363 g/mol. The second-order valence-electron chi connectivity index (χ2n) is 5.91. The van der Waals surface area contributed by atoms with E-state index in [1.54, 1.807) is 6.92 Å². The highest BCUT2D eigenvalue weighted by Crippen LogP contribution is 2.27. The molecule has 0 bridgehead atoms. The Kier molecular flexibility index (Phi) is 6.14. The Hall–Kier alpha value is -2.97. The quantitative estimate of drug-likeness (QED) is 0.716. The lowest BCUT2D eigenvalue weighted by Gasteiger charge is -2.16. The number of nitrogens with one attached hydrogen (secondary N) is 3. The Morgan fingerprint density at radius 3 is 2.30 bits per heavy atom. The number of amides is 2. The first kappa shape index (κ1) is 20.3. The van der Waals surface area contributed by atoms with Crippen molar-refractivity contribution in [3.63, 3.8) is 0 Å². The molecule has 9 heteroatoms. The average Bonchev–Trinajstić information content (AvgIpc) is 3.04. The third-order valence-electron chi connectivity index (χ3n) is 3.89. The maximum atomic E-state index is 12.6. The number of hydrogen-bond donors (Lipinski definition) is 3. The third kappa shape index (κ3) is 5.02. The van der Waals surface area contributed by atoms with Gasteiger partial charge in [-0.1, -0.05) is 30.3 Å². The predicted molar refractivity (Wildman–Crippen MR) is 92.7 cm³/mol. The first-order valence-corrected chi connectivity index (χ1v) is 8.17. The molecule has 0 radical (unpaired) electrons. The molecule has 2 aromatic rings. The van der Waals surface area contributed by atoms with Gasteiger partial charge < -0.3 is 20.4 Å². The Labute approximate surface area is 154 Å². The maximum absolute atomic E-state index is 12.6. The molecule has 6 nitrogen and oxygen atoms in total. The third-order valence-corrected chi connectivity index (χ3v) is 3.89. The van der Waals surface area contributed by atoms with Gasteiger partial charge in [-0.2, -0.15) is 13.2 Å². The Morgan fingerprint density at radius 1 is 1.11 bits per heavy atom. The van der Waals surface area contributed by atoms with E-state index in [9.17, 15) is 22.8 Å². The second-order valence-corrected chi connectivity index (χ2v) is 5.91. The molecule has 0 aliphatic rings. The van der Waals surface area contributed by atoms with E-state index in [0.29, 0.717) is 0 Å². The zero-order chi connectivity index (χ0) is 20.2. The highest BCUT2D eigenvalue weighted by Gasteiger charge is 2.37. The summed E-state index contributed by atoms with van der Waals surface area (Å²) in [6.07, 6.45) is -5.03. The van der Waals surface area contributed by atoms with Gasteiger partial charge in [-0.25, -0.2) is 0 Å². The molecule has 1 heterocycles. The van der Waals surface area contributed by atoms with Crippen LogP contribution in [0.25, 0.3) is 0 Å². The first-order valence-electron chi connectivity index (χ1n) is 8.17. The van der Waals surface area contributed by atoms with Crippen molar-refractivity contribution in [2.24, 2.45) is 0 Å². The normalized spacial score (nSPS) is 13.6. The number of carbonyl (C=O) groups is 2. The van der Waals surface area contributed by atoms with Gasteiger partial charge in [-0.3, -0.25) is 9.59 Å². The zero-order valence-corrected chi connectivity index (χ0v) is 15.0. The number of alkyl halides is 3. The van der Waals surface area contributed by atoms with Crippen LogP contribution < -0.4 is 15.4 Å². The zero-order valence-electron chi connectivity index (χ0n) is 15.0. The van der Waals surface area contributed by atoms with Gasteiger partial charge in [0.1, 0.15) is 23.5 Å². The Balaban J connectivity index is 2.26. The SMILES string of the molecule is CNC(=O)c1[nH]c(C(=O)N[C@H](C)C(F)(F)F)cc1OC(C)c1ccccc1. The van der Waals surface area contributed by atoms with Crippen LogP contribution in [0.2, 0.25) is 0 Å². The number of aromatic amines is 1. The van der Waals surface area contributed by atoms with Gasteiger partial charge in [0.05, 0.1) is 0 Å². The molecule has 1 unspecified atom stereocenters. The highest BCUT2D eigenvalue weighted by molar-refractivity contribution is 5.99. The van der Waals surface area contributed by atoms with Crippen molar-refractivity contribution in [2.75, 3.05) is 7.05 Å². The Bertz CT molecular complexity index is 803. The number of ether oxygens (including phenoxy) is 1. The van der Waals surface area contributed by atoms with E-state index in [0.717, 1.165) is 12.5 Å². The molecule has 0 saturated heterocycles. The molecule has 3 N–H and O–H groups in total. The van der Waals surface area contributed by atoms with Gasteiger partial charge in [-0.15, -0.1) is 0 Å². The van der Waals surface area contributed by atoms with E-state index in [-0.39, 0.29) is 17.1 Å².